The quantitative estimate of drug-likeness (QED) is 0.676. The fourth-order valence-electron chi connectivity index (χ4n) is 1.05. The van der Waals surface area contributed by atoms with Crippen LogP contribution < -0.4 is 5.73 Å². The molecule has 0 unspecified atom stereocenters. The van der Waals surface area contributed by atoms with Crippen LogP contribution >= 0.6 is 0 Å². The number of pyridine rings is 1. The van der Waals surface area contributed by atoms with Crippen molar-refractivity contribution in [2.45, 2.75) is 13.3 Å². The van der Waals surface area contributed by atoms with Gasteiger partial charge in [-0.1, -0.05) is 0 Å². The number of nitrogens with two attached hydrogens (primary N) is 1. The third-order valence-electron chi connectivity index (χ3n) is 1.69. The fourth-order valence-corrected chi connectivity index (χ4v) is 1.05. The van der Waals surface area contributed by atoms with Crippen molar-refractivity contribution in [3.05, 3.63) is 29.6 Å². The molecule has 0 radical (unpaired) electrons. The lowest BCUT2D eigenvalue weighted by atomic mass is 10.1. The number of aryl methyl sites for hydroxylation is 1. The van der Waals surface area contributed by atoms with Gasteiger partial charge in [-0.15, -0.1) is 0 Å². The maximum Gasteiger partial charge on any atom is 0.164 e. The lowest BCUT2D eigenvalue weighted by Gasteiger charge is -2.01. The summed E-state index contributed by atoms with van der Waals surface area (Å²) < 4.78 is 0. The Labute approximate surface area is 71.6 Å². The third-order valence-corrected chi connectivity index (χ3v) is 1.69. The van der Waals surface area contributed by atoms with E-state index >= 15 is 0 Å². The molecule has 0 aliphatic heterocycles. The number of hydrogen-bond acceptors (Lipinski definition) is 3. The van der Waals surface area contributed by atoms with E-state index in [1.54, 1.807) is 18.5 Å². The highest BCUT2D eigenvalue weighted by Crippen LogP contribution is 2.07. The Morgan fingerprint density at radius 2 is 2.42 bits per heavy atom. The zero-order valence-corrected chi connectivity index (χ0v) is 7.08. The predicted molar refractivity (Wildman–Crippen MR) is 47.0 cm³/mol. The minimum Gasteiger partial charge on any atom is -0.330 e. The molecule has 64 valence electrons. The van der Waals surface area contributed by atoms with Gasteiger partial charge >= 0.3 is 0 Å². The van der Waals surface area contributed by atoms with E-state index in [0.717, 1.165) is 11.1 Å². The summed E-state index contributed by atoms with van der Waals surface area (Å²) in [5.41, 5.74) is 6.93. The number of aromatic nitrogens is 1. The summed E-state index contributed by atoms with van der Waals surface area (Å²) in [5, 5.41) is 0. The summed E-state index contributed by atoms with van der Waals surface area (Å²) in [6, 6.07) is 1.73. The first-order chi connectivity index (χ1) is 5.75. The molecule has 0 atom stereocenters. The first-order valence-corrected chi connectivity index (χ1v) is 3.89. The highest BCUT2D eigenvalue weighted by atomic mass is 16.1. The number of hydrogen-bond donors (Lipinski definition) is 1. The predicted octanol–water partition coefficient (Wildman–Crippen LogP) is 0.922. The smallest absolute Gasteiger partial charge is 0.164 e. The number of carbonyl (C=O) groups is 1. The average molecular weight is 164 g/mol. The van der Waals surface area contributed by atoms with Gasteiger partial charge in [0.1, 0.15) is 0 Å². The molecule has 0 fully saturated rings. The van der Waals surface area contributed by atoms with Gasteiger partial charge in [0.2, 0.25) is 0 Å². The monoisotopic (exact) mass is 164 g/mol. The second-order valence-electron chi connectivity index (χ2n) is 2.65. The van der Waals surface area contributed by atoms with E-state index in [0.29, 0.717) is 13.0 Å². The van der Waals surface area contributed by atoms with Crippen LogP contribution in [0.15, 0.2) is 18.5 Å². The van der Waals surface area contributed by atoms with Crippen LogP contribution in [0.2, 0.25) is 0 Å². The summed E-state index contributed by atoms with van der Waals surface area (Å²) >= 11 is 0. The minimum absolute atomic E-state index is 0.0948. The molecule has 0 spiro atoms. The summed E-state index contributed by atoms with van der Waals surface area (Å²) in [7, 11) is 0. The molecule has 1 heterocycles. The van der Waals surface area contributed by atoms with Crippen molar-refractivity contribution in [2.75, 3.05) is 6.54 Å². The number of ketones is 1. The van der Waals surface area contributed by atoms with E-state index in [-0.39, 0.29) is 5.78 Å². The standard InChI is InChI=1S/C9H12N2O/c1-7-6-11-5-3-8(7)9(12)2-4-10/h3,5-6H,2,4,10H2,1H3. The first kappa shape index (κ1) is 8.87. The summed E-state index contributed by atoms with van der Waals surface area (Å²) in [6.45, 7) is 2.28. The van der Waals surface area contributed by atoms with Gasteiger partial charge in [-0.05, 0) is 25.1 Å². The van der Waals surface area contributed by atoms with Crippen LogP contribution in [0, 0.1) is 6.92 Å². The minimum atomic E-state index is 0.0948. The Balaban J connectivity index is 2.87. The second kappa shape index (κ2) is 3.97. The molecule has 1 aromatic rings. The van der Waals surface area contributed by atoms with E-state index in [9.17, 15) is 4.79 Å². The van der Waals surface area contributed by atoms with Crippen LogP contribution in [0.3, 0.4) is 0 Å². The zero-order chi connectivity index (χ0) is 8.97. The van der Waals surface area contributed by atoms with Crippen molar-refractivity contribution >= 4 is 5.78 Å². The average Bonchev–Trinajstić information content (AvgIpc) is 2.05. The first-order valence-electron chi connectivity index (χ1n) is 3.89. The largest absolute Gasteiger partial charge is 0.330 e. The molecule has 12 heavy (non-hydrogen) atoms. The number of nitrogens with zero attached hydrogens (tertiary/aromatic N) is 1. The molecule has 1 rings (SSSR count). The molecule has 3 nitrogen and oxygen atoms in total. The third kappa shape index (κ3) is 1.89. The van der Waals surface area contributed by atoms with E-state index < -0.39 is 0 Å². The molecular weight excluding hydrogens is 152 g/mol. The molecular formula is C9H12N2O. The highest BCUT2D eigenvalue weighted by molar-refractivity contribution is 5.97. The van der Waals surface area contributed by atoms with Crippen molar-refractivity contribution in [2.24, 2.45) is 5.73 Å². The van der Waals surface area contributed by atoms with Gasteiger partial charge in [-0.3, -0.25) is 9.78 Å². The molecule has 1 aromatic heterocycles. The Bertz CT molecular complexity index is 284. The molecule has 0 aliphatic carbocycles. The molecule has 3 heteroatoms. The molecule has 0 amide bonds. The van der Waals surface area contributed by atoms with Crippen molar-refractivity contribution < 1.29 is 4.79 Å². The maximum atomic E-state index is 11.4. The van der Waals surface area contributed by atoms with E-state index in [4.69, 9.17) is 5.73 Å². The van der Waals surface area contributed by atoms with Crippen molar-refractivity contribution in [3.63, 3.8) is 0 Å². The molecule has 0 bridgehead atoms. The lowest BCUT2D eigenvalue weighted by Crippen LogP contribution is -2.09. The topological polar surface area (TPSA) is 56.0 Å². The second-order valence-corrected chi connectivity index (χ2v) is 2.65. The maximum absolute atomic E-state index is 11.4. The van der Waals surface area contributed by atoms with Crippen molar-refractivity contribution in [1.82, 2.24) is 4.98 Å². The molecule has 0 aromatic carbocycles. The van der Waals surface area contributed by atoms with Gasteiger partial charge < -0.3 is 5.73 Å². The van der Waals surface area contributed by atoms with Crippen LogP contribution in [0.25, 0.3) is 0 Å². The van der Waals surface area contributed by atoms with Gasteiger partial charge in [0.15, 0.2) is 5.78 Å². The van der Waals surface area contributed by atoms with E-state index in [2.05, 4.69) is 4.98 Å². The van der Waals surface area contributed by atoms with Gasteiger partial charge in [0, 0.05) is 24.4 Å². The van der Waals surface area contributed by atoms with Crippen LogP contribution in [0.1, 0.15) is 22.3 Å². The summed E-state index contributed by atoms with van der Waals surface area (Å²) in [5.74, 6) is 0.0948. The Morgan fingerprint density at radius 1 is 1.67 bits per heavy atom. The van der Waals surface area contributed by atoms with Gasteiger partial charge in [-0.25, -0.2) is 0 Å². The summed E-state index contributed by atoms with van der Waals surface area (Å²) in [6.07, 6.45) is 3.71. The van der Waals surface area contributed by atoms with Crippen LogP contribution in [0.4, 0.5) is 0 Å². The highest BCUT2D eigenvalue weighted by Gasteiger charge is 2.06. The van der Waals surface area contributed by atoms with Gasteiger partial charge in [0.25, 0.3) is 0 Å². The number of Topliss-reactive ketones (excluding diaryl/α,β-unsaturated/α-hetero) is 1. The molecule has 0 saturated heterocycles. The van der Waals surface area contributed by atoms with Crippen LogP contribution in [0.5, 0.6) is 0 Å². The Hall–Kier alpha value is -1.22. The zero-order valence-electron chi connectivity index (χ0n) is 7.08. The molecule has 0 aliphatic rings. The van der Waals surface area contributed by atoms with Crippen molar-refractivity contribution in [3.8, 4) is 0 Å². The normalized spacial score (nSPS) is 9.83. The fraction of sp³-hybridized carbons (Fsp3) is 0.333. The van der Waals surface area contributed by atoms with E-state index in [1.165, 1.54) is 0 Å². The van der Waals surface area contributed by atoms with Crippen LogP contribution in [-0.4, -0.2) is 17.3 Å². The Kier molecular flexibility index (Phi) is 2.94. The lowest BCUT2D eigenvalue weighted by molar-refractivity contribution is 0.0985. The SMILES string of the molecule is Cc1cnccc1C(=O)CCN. The number of carbonyl (C=O) groups excluding carboxylic acids is 1. The summed E-state index contributed by atoms with van der Waals surface area (Å²) in [4.78, 5) is 15.3. The number of rotatable bonds is 3. The van der Waals surface area contributed by atoms with E-state index in [1.807, 2.05) is 6.92 Å². The van der Waals surface area contributed by atoms with Crippen molar-refractivity contribution in [1.29, 1.82) is 0 Å². The van der Waals surface area contributed by atoms with Gasteiger partial charge in [0.05, 0.1) is 0 Å². The Morgan fingerprint density at radius 3 is 3.00 bits per heavy atom. The van der Waals surface area contributed by atoms with Crippen LogP contribution in [-0.2, 0) is 0 Å². The molecule has 0 saturated carbocycles. The van der Waals surface area contributed by atoms with Gasteiger partial charge in [-0.2, -0.15) is 0 Å². The molecule has 2 N–H and O–H groups in total.